The zero-order chi connectivity index (χ0) is 13.2. The summed E-state index contributed by atoms with van der Waals surface area (Å²) in [5.74, 6) is 1.13. The molecule has 0 fully saturated rings. The molecule has 0 aliphatic carbocycles. The van der Waals surface area contributed by atoms with Gasteiger partial charge in [0.2, 0.25) is 5.82 Å². The Bertz CT molecular complexity index is 682. The van der Waals surface area contributed by atoms with Gasteiger partial charge in [-0.1, -0.05) is 30.3 Å². The van der Waals surface area contributed by atoms with Gasteiger partial charge in [0.1, 0.15) is 12.1 Å². The Hall–Kier alpha value is -2.63. The summed E-state index contributed by atoms with van der Waals surface area (Å²) in [6, 6.07) is 10.1. The van der Waals surface area contributed by atoms with Crippen molar-refractivity contribution < 1.29 is 0 Å². The van der Waals surface area contributed by atoms with Gasteiger partial charge in [0.25, 0.3) is 0 Å². The van der Waals surface area contributed by atoms with Crippen molar-refractivity contribution in [1.29, 1.82) is 0 Å². The SMILES string of the molecule is Cn1cnc(-c2ncn(Cc3ccccc3)c2N)n1. The molecule has 2 N–H and O–H groups in total. The Morgan fingerprint density at radius 3 is 2.58 bits per heavy atom. The first kappa shape index (κ1) is 11.5. The van der Waals surface area contributed by atoms with Crippen molar-refractivity contribution in [3.8, 4) is 11.5 Å². The molecular formula is C13H14N6. The largest absolute Gasteiger partial charge is 0.383 e. The van der Waals surface area contributed by atoms with Gasteiger partial charge < -0.3 is 10.3 Å². The Labute approximate surface area is 110 Å². The van der Waals surface area contributed by atoms with Crippen LogP contribution in [0.2, 0.25) is 0 Å². The van der Waals surface area contributed by atoms with Crippen LogP contribution in [0.4, 0.5) is 5.82 Å². The summed E-state index contributed by atoms with van der Waals surface area (Å²) in [5, 5.41) is 4.21. The quantitative estimate of drug-likeness (QED) is 0.764. The second-order valence-electron chi connectivity index (χ2n) is 4.33. The number of anilines is 1. The molecule has 2 aromatic heterocycles. The third kappa shape index (κ3) is 2.20. The number of nitrogens with two attached hydrogens (primary N) is 1. The van der Waals surface area contributed by atoms with E-state index in [1.165, 1.54) is 5.56 Å². The average Bonchev–Trinajstić information content (AvgIpc) is 2.99. The fraction of sp³-hybridized carbons (Fsp3) is 0.154. The summed E-state index contributed by atoms with van der Waals surface area (Å²) in [6.45, 7) is 0.687. The maximum atomic E-state index is 6.10. The summed E-state index contributed by atoms with van der Waals surface area (Å²) >= 11 is 0. The van der Waals surface area contributed by atoms with Crippen LogP contribution in [-0.4, -0.2) is 24.3 Å². The van der Waals surface area contributed by atoms with Crippen LogP contribution < -0.4 is 5.73 Å². The maximum absolute atomic E-state index is 6.10. The van der Waals surface area contributed by atoms with Crippen LogP contribution in [0.1, 0.15) is 5.56 Å². The van der Waals surface area contributed by atoms with E-state index in [1.807, 2.05) is 29.8 Å². The first-order valence-electron chi connectivity index (χ1n) is 5.94. The van der Waals surface area contributed by atoms with Crippen LogP contribution in [0, 0.1) is 0 Å². The minimum absolute atomic E-state index is 0.548. The van der Waals surface area contributed by atoms with E-state index in [0.717, 1.165) is 0 Å². The summed E-state index contributed by atoms with van der Waals surface area (Å²) in [6.07, 6.45) is 3.35. The van der Waals surface area contributed by atoms with E-state index in [9.17, 15) is 0 Å². The summed E-state index contributed by atoms with van der Waals surface area (Å²) in [7, 11) is 1.81. The predicted octanol–water partition coefficient (Wildman–Crippen LogP) is 1.31. The lowest BCUT2D eigenvalue weighted by Gasteiger charge is -2.04. The van der Waals surface area contributed by atoms with Crippen LogP contribution >= 0.6 is 0 Å². The topological polar surface area (TPSA) is 74.5 Å². The molecular weight excluding hydrogens is 240 g/mol. The highest BCUT2D eigenvalue weighted by Crippen LogP contribution is 2.21. The van der Waals surface area contributed by atoms with Crippen molar-refractivity contribution in [3.63, 3.8) is 0 Å². The average molecular weight is 254 g/mol. The molecule has 0 bridgehead atoms. The number of nitrogen functional groups attached to an aromatic ring is 1. The van der Waals surface area contributed by atoms with Gasteiger partial charge in [-0.05, 0) is 5.56 Å². The molecule has 0 unspecified atom stereocenters. The van der Waals surface area contributed by atoms with Gasteiger partial charge in [0.05, 0.1) is 12.9 Å². The predicted molar refractivity (Wildman–Crippen MR) is 72.2 cm³/mol. The van der Waals surface area contributed by atoms with Gasteiger partial charge in [-0.15, -0.1) is 5.10 Å². The third-order valence-corrected chi connectivity index (χ3v) is 2.89. The molecule has 19 heavy (non-hydrogen) atoms. The number of rotatable bonds is 3. The first-order chi connectivity index (χ1) is 9.24. The molecule has 3 aromatic rings. The molecule has 6 nitrogen and oxygen atoms in total. The van der Waals surface area contributed by atoms with Crippen molar-refractivity contribution in [3.05, 3.63) is 48.5 Å². The molecule has 0 amide bonds. The smallest absolute Gasteiger partial charge is 0.203 e. The Balaban J connectivity index is 1.91. The van der Waals surface area contributed by atoms with Crippen molar-refractivity contribution in [2.45, 2.75) is 6.54 Å². The number of aromatic nitrogens is 5. The highest BCUT2D eigenvalue weighted by atomic mass is 15.3. The molecule has 0 aliphatic rings. The first-order valence-corrected chi connectivity index (χ1v) is 5.94. The Kier molecular flexibility index (Phi) is 2.75. The van der Waals surface area contributed by atoms with Gasteiger partial charge in [-0.3, -0.25) is 4.68 Å². The van der Waals surface area contributed by atoms with Gasteiger partial charge >= 0.3 is 0 Å². The highest BCUT2D eigenvalue weighted by Gasteiger charge is 2.13. The van der Waals surface area contributed by atoms with E-state index in [-0.39, 0.29) is 0 Å². The molecule has 0 spiro atoms. The number of benzene rings is 1. The monoisotopic (exact) mass is 254 g/mol. The zero-order valence-electron chi connectivity index (χ0n) is 10.6. The fourth-order valence-electron chi connectivity index (χ4n) is 1.92. The van der Waals surface area contributed by atoms with E-state index in [1.54, 1.807) is 17.3 Å². The zero-order valence-corrected chi connectivity index (χ0v) is 10.6. The Morgan fingerprint density at radius 2 is 1.89 bits per heavy atom. The van der Waals surface area contributed by atoms with Gasteiger partial charge in [0, 0.05) is 7.05 Å². The molecule has 0 saturated carbocycles. The molecule has 6 heteroatoms. The minimum Gasteiger partial charge on any atom is -0.383 e. The van der Waals surface area contributed by atoms with Gasteiger partial charge in [-0.25, -0.2) is 9.97 Å². The molecule has 0 aliphatic heterocycles. The summed E-state index contributed by atoms with van der Waals surface area (Å²) in [4.78, 5) is 8.46. The van der Waals surface area contributed by atoms with E-state index < -0.39 is 0 Å². The molecule has 0 atom stereocenters. The number of hydrogen-bond donors (Lipinski definition) is 1. The second-order valence-corrected chi connectivity index (χ2v) is 4.33. The molecule has 0 saturated heterocycles. The Morgan fingerprint density at radius 1 is 1.11 bits per heavy atom. The van der Waals surface area contributed by atoms with Crippen molar-refractivity contribution in [2.75, 3.05) is 5.73 Å². The van der Waals surface area contributed by atoms with Crippen LogP contribution in [0.3, 0.4) is 0 Å². The number of nitrogens with zero attached hydrogens (tertiary/aromatic N) is 5. The lowest BCUT2D eigenvalue weighted by Crippen LogP contribution is -2.03. The van der Waals surface area contributed by atoms with E-state index in [0.29, 0.717) is 23.9 Å². The van der Waals surface area contributed by atoms with E-state index in [4.69, 9.17) is 5.73 Å². The van der Waals surface area contributed by atoms with Crippen molar-refractivity contribution >= 4 is 5.82 Å². The normalized spacial score (nSPS) is 10.8. The van der Waals surface area contributed by atoms with Gasteiger partial charge in [0.15, 0.2) is 5.69 Å². The van der Waals surface area contributed by atoms with Crippen molar-refractivity contribution in [2.24, 2.45) is 7.05 Å². The molecule has 3 rings (SSSR count). The third-order valence-electron chi connectivity index (χ3n) is 2.89. The lowest BCUT2D eigenvalue weighted by atomic mass is 10.2. The van der Waals surface area contributed by atoms with Crippen molar-refractivity contribution in [1.82, 2.24) is 24.3 Å². The maximum Gasteiger partial charge on any atom is 0.203 e. The van der Waals surface area contributed by atoms with Crippen LogP contribution in [0.25, 0.3) is 11.5 Å². The second kappa shape index (κ2) is 4.56. The summed E-state index contributed by atoms with van der Waals surface area (Å²) in [5.41, 5.74) is 7.90. The molecule has 0 radical (unpaired) electrons. The van der Waals surface area contributed by atoms with E-state index >= 15 is 0 Å². The standard InChI is InChI=1S/C13H14N6/c1-18-8-16-13(17-18)11-12(14)19(9-15-11)7-10-5-3-2-4-6-10/h2-6,8-9H,7,14H2,1H3. The van der Waals surface area contributed by atoms with Crippen LogP contribution in [0.5, 0.6) is 0 Å². The van der Waals surface area contributed by atoms with E-state index in [2.05, 4.69) is 27.2 Å². The van der Waals surface area contributed by atoms with Gasteiger partial charge in [-0.2, -0.15) is 0 Å². The minimum atomic E-state index is 0.548. The van der Waals surface area contributed by atoms with Crippen LogP contribution in [-0.2, 0) is 13.6 Å². The van der Waals surface area contributed by atoms with Crippen LogP contribution in [0.15, 0.2) is 43.0 Å². The summed E-state index contributed by atoms with van der Waals surface area (Å²) < 4.78 is 3.52. The highest BCUT2D eigenvalue weighted by molar-refractivity contribution is 5.63. The number of hydrogen-bond acceptors (Lipinski definition) is 4. The fourth-order valence-corrected chi connectivity index (χ4v) is 1.92. The number of aryl methyl sites for hydroxylation is 1. The number of imidazole rings is 1. The molecule has 1 aromatic carbocycles. The molecule has 2 heterocycles. The lowest BCUT2D eigenvalue weighted by molar-refractivity contribution is 0.767. The molecule has 96 valence electrons.